The van der Waals surface area contributed by atoms with E-state index in [9.17, 15) is 24.1 Å². The average molecular weight is 347 g/mol. The van der Waals surface area contributed by atoms with E-state index in [-0.39, 0.29) is 23.4 Å². The van der Waals surface area contributed by atoms with E-state index < -0.39 is 22.6 Å². The lowest BCUT2D eigenvalue weighted by Crippen LogP contribution is -2.42. The lowest BCUT2D eigenvalue weighted by Gasteiger charge is -2.08. The topological polar surface area (TPSA) is 111 Å². The van der Waals surface area contributed by atoms with Crippen LogP contribution in [-0.4, -0.2) is 23.8 Å². The van der Waals surface area contributed by atoms with Crippen LogP contribution in [0.25, 0.3) is 0 Å². The molecule has 0 aliphatic carbocycles. The first-order chi connectivity index (χ1) is 11.9. The van der Waals surface area contributed by atoms with Crippen molar-refractivity contribution in [3.63, 3.8) is 0 Å². The Morgan fingerprint density at radius 3 is 2.60 bits per heavy atom. The summed E-state index contributed by atoms with van der Waals surface area (Å²) in [6.45, 7) is 0. The summed E-state index contributed by atoms with van der Waals surface area (Å²) in [4.78, 5) is 33.7. The first-order valence-corrected chi connectivity index (χ1v) is 7.06. The predicted molar refractivity (Wildman–Crippen MR) is 85.4 cm³/mol. The quantitative estimate of drug-likeness (QED) is 0.632. The molecule has 2 amide bonds. The van der Waals surface area contributed by atoms with Crippen LogP contribution in [0.15, 0.2) is 42.5 Å². The fraction of sp³-hybridized carbons (Fsp3) is 0.125. The van der Waals surface area contributed by atoms with Gasteiger partial charge in [0.2, 0.25) is 5.91 Å². The van der Waals surface area contributed by atoms with Crippen molar-refractivity contribution in [1.82, 2.24) is 10.9 Å². The number of nitro benzene ring substituents is 1. The van der Waals surface area contributed by atoms with Gasteiger partial charge in [-0.3, -0.25) is 30.6 Å². The summed E-state index contributed by atoms with van der Waals surface area (Å²) in [5.74, 6) is -1.84. The van der Waals surface area contributed by atoms with E-state index in [0.29, 0.717) is 5.56 Å². The third-order valence-corrected chi connectivity index (χ3v) is 3.22. The summed E-state index contributed by atoms with van der Waals surface area (Å²) < 4.78 is 18.3. The average Bonchev–Trinajstić information content (AvgIpc) is 2.60. The molecule has 2 rings (SSSR count). The summed E-state index contributed by atoms with van der Waals surface area (Å²) in [6.07, 6.45) is -0.171. The number of halogens is 1. The number of non-ortho nitro benzene ring substituents is 1. The van der Waals surface area contributed by atoms with Gasteiger partial charge < -0.3 is 4.74 Å². The molecule has 8 nitrogen and oxygen atoms in total. The number of methoxy groups -OCH3 is 1. The molecule has 0 fully saturated rings. The molecule has 0 radical (unpaired) electrons. The van der Waals surface area contributed by atoms with Gasteiger partial charge in [0.25, 0.3) is 11.6 Å². The van der Waals surface area contributed by atoms with Crippen molar-refractivity contribution in [3.8, 4) is 5.75 Å². The molecule has 2 N–H and O–H groups in total. The van der Waals surface area contributed by atoms with E-state index in [1.54, 1.807) is 0 Å². The van der Waals surface area contributed by atoms with Crippen LogP contribution in [0.5, 0.6) is 5.75 Å². The van der Waals surface area contributed by atoms with Gasteiger partial charge in [-0.2, -0.15) is 0 Å². The molecule has 25 heavy (non-hydrogen) atoms. The SMILES string of the molecule is COc1ccc(CC(=O)NNC(=O)c2cccc([N+](=O)[O-])c2)cc1F. The van der Waals surface area contributed by atoms with Gasteiger partial charge in [0.05, 0.1) is 18.5 Å². The number of ether oxygens (including phenoxy) is 1. The van der Waals surface area contributed by atoms with Crippen molar-refractivity contribution in [2.75, 3.05) is 7.11 Å². The lowest BCUT2D eigenvalue weighted by atomic mass is 10.1. The van der Waals surface area contributed by atoms with Gasteiger partial charge in [-0.1, -0.05) is 12.1 Å². The fourth-order valence-corrected chi connectivity index (χ4v) is 2.01. The molecule has 0 spiro atoms. The molecule has 9 heteroatoms. The molecule has 0 aliphatic heterocycles. The molecule has 0 aliphatic rings. The van der Waals surface area contributed by atoms with Crippen LogP contribution in [0.2, 0.25) is 0 Å². The van der Waals surface area contributed by atoms with Crippen molar-refractivity contribution in [2.24, 2.45) is 0 Å². The lowest BCUT2D eigenvalue weighted by molar-refractivity contribution is -0.384. The fourth-order valence-electron chi connectivity index (χ4n) is 2.01. The van der Waals surface area contributed by atoms with Crippen molar-refractivity contribution in [3.05, 3.63) is 69.5 Å². The second-order valence-corrected chi connectivity index (χ2v) is 4.96. The summed E-state index contributed by atoms with van der Waals surface area (Å²) in [5.41, 5.74) is 4.47. The summed E-state index contributed by atoms with van der Waals surface area (Å²) in [7, 11) is 1.33. The third kappa shape index (κ3) is 4.74. The number of hydrogen-bond acceptors (Lipinski definition) is 5. The highest BCUT2D eigenvalue weighted by Crippen LogP contribution is 2.18. The Balaban J connectivity index is 1.93. The zero-order valence-corrected chi connectivity index (χ0v) is 13.1. The van der Waals surface area contributed by atoms with Crippen molar-refractivity contribution < 1.29 is 23.6 Å². The van der Waals surface area contributed by atoms with E-state index in [2.05, 4.69) is 10.9 Å². The van der Waals surface area contributed by atoms with E-state index in [1.165, 1.54) is 37.4 Å². The minimum atomic E-state index is -0.710. The number of carbonyl (C=O) groups is 2. The summed E-state index contributed by atoms with van der Waals surface area (Å²) in [5, 5.41) is 10.7. The highest BCUT2D eigenvalue weighted by molar-refractivity contribution is 5.96. The monoisotopic (exact) mass is 347 g/mol. The van der Waals surface area contributed by atoms with Crippen LogP contribution < -0.4 is 15.6 Å². The highest BCUT2D eigenvalue weighted by atomic mass is 19.1. The van der Waals surface area contributed by atoms with E-state index >= 15 is 0 Å². The van der Waals surface area contributed by atoms with E-state index in [1.807, 2.05) is 0 Å². The third-order valence-electron chi connectivity index (χ3n) is 3.22. The number of amides is 2. The zero-order valence-electron chi connectivity index (χ0n) is 13.1. The number of nitrogens with one attached hydrogen (secondary N) is 2. The molecule has 0 unspecified atom stereocenters. The normalized spacial score (nSPS) is 10.0. The molecule has 0 heterocycles. The number of rotatable bonds is 5. The summed E-state index contributed by atoms with van der Waals surface area (Å²) in [6, 6.07) is 9.11. The van der Waals surface area contributed by atoms with Gasteiger partial charge >= 0.3 is 0 Å². The molecule has 0 bridgehead atoms. The van der Waals surface area contributed by atoms with Gasteiger partial charge in [-0.25, -0.2) is 4.39 Å². The second-order valence-electron chi connectivity index (χ2n) is 4.96. The molecule has 2 aromatic carbocycles. The molecular weight excluding hydrogens is 333 g/mol. The van der Waals surface area contributed by atoms with Gasteiger partial charge in [0.1, 0.15) is 0 Å². The minimum absolute atomic E-state index is 0.0185. The standard InChI is InChI=1S/C16H14FN3O5/c1-25-14-6-5-10(7-13(14)17)8-15(21)18-19-16(22)11-3-2-4-12(9-11)20(23)24/h2-7,9H,8H2,1H3,(H,18,21)(H,19,22). The maximum Gasteiger partial charge on any atom is 0.270 e. The molecule has 2 aromatic rings. The predicted octanol–water partition coefficient (Wildman–Crippen LogP) is 1.75. The largest absolute Gasteiger partial charge is 0.494 e. The molecule has 0 saturated carbocycles. The van der Waals surface area contributed by atoms with Gasteiger partial charge in [0, 0.05) is 17.7 Å². The Morgan fingerprint density at radius 2 is 1.96 bits per heavy atom. The number of hydrogen-bond donors (Lipinski definition) is 2. The second kappa shape index (κ2) is 7.86. The molecular formula is C16H14FN3O5. The van der Waals surface area contributed by atoms with Crippen LogP contribution in [0.3, 0.4) is 0 Å². The number of benzene rings is 2. The van der Waals surface area contributed by atoms with Crippen molar-refractivity contribution in [1.29, 1.82) is 0 Å². The van der Waals surface area contributed by atoms with Gasteiger partial charge in [-0.15, -0.1) is 0 Å². The van der Waals surface area contributed by atoms with E-state index in [0.717, 1.165) is 12.1 Å². The Morgan fingerprint density at radius 1 is 1.20 bits per heavy atom. The molecule has 0 aromatic heterocycles. The Labute approximate surface area is 141 Å². The maximum atomic E-state index is 13.6. The van der Waals surface area contributed by atoms with Crippen LogP contribution in [0.4, 0.5) is 10.1 Å². The minimum Gasteiger partial charge on any atom is -0.494 e. The Kier molecular flexibility index (Phi) is 5.62. The van der Waals surface area contributed by atoms with Crippen LogP contribution in [-0.2, 0) is 11.2 Å². The van der Waals surface area contributed by atoms with Crippen LogP contribution in [0, 0.1) is 15.9 Å². The number of hydrazine groups is 1. The van der Waals surface area contributed by atoms with Crippen LogP contribution >= 0.6 is 0 Å². The number of nitrogens with zero attached hydrogens (tertiary/aromatic N) is 1. The zero-order chi connectivity index (χ0) is 18.4. The van der Waals surface area contributed by atoms with Gasteiger partial charge in [0.15, 0.2) is 11.6 Å². The Hall–Kier alpha value is -3.49. The maximum absolute atomic E-state index is 13.6. The van der Waals surface area contributed by atoms with E-state index in [4.69, 9.17) is 4.74 Å². The van der Waals surface area contributed by atoms with Gasteiger partial charge in [-0.05, 0) is 23.8 Å². The van der Waals surface area contributed by atoms with Crippen molar-refractivity contribution in [2.45, 2.75) is 6.42 Å². The van der Waals surface area contributed by atoms with Crippen LogP contribution in [0.1, 0.15) is 15.9 Å². The molecule has 0 atom stereocenters. The number of nitro groups is 1. The Bertz CT molecular complexity index is 825. The van der Waals surface area contributed by atoms with Crippen molar-refractivity contribution >= 4 is 17.5 Å². The summed E-state index contributed by atoms with van der Waals surface area (Å²) >= 11 is 0. The number of carbonyl (C=O) groups excluding carboxylic acids is 2. The highest BCUT2D eigenvalue weighted by Gasteiger charge is 2.13. The molecule has 0 saturated heterocycles. The molecule has 130 valence electrons. The first kappa shape index (κ1) is 17.9. The first-order valence-electron chi connectivity index (χ1n) is 7.06. The smallest absolute Gasteiger partial charge is 0.270 e.